The minimum absolute atomic E-state index is 0.0320. The van der Waals surface area contributed by atoms with Crippen LogP contribution in [0.4, 0.5) is 13.9 Å². The SMILES string of the molecule is Cc1c(C(=O)CNc2nnc(SCc3ccccc3F)s2)oc2ccc(F)cc12. The number of benzene rings is 2. The first-order valence-corrected chi connectivity index (χ1v) is 10.5. The topological polar surface area (TPSA) is 68.0 Å². The van der Waals surface area contributed by atoms with E-state index in [9.17, 15) is 13.6 Å². The standard InChI is InChI=1S/C20H15F2N3O2S2/c1-11-14-8-13(21)6-7-17(14)27-18(11)16(26)9-23-19-24-25-20(29-19)28-10-12-4-2-3-5-15(12)22/h2-8H,9-10H2,1H3,(H,23,24). The lowest BCUT2D eigenvalue weighted by atomic mass is 10.1. The lowest BCUT2D eigenvalue weighted by Crippen LogP contribution is -2.14. The summed E-state index contributed by atoms with van der Waals surface area (Å²) in [5.74, 6) is -0.274. The number of carbonyl (C=O) groups excluding carboxylic acids is 1. The Morgan fingerprint density at radius 1 is 1.21 bits per heavy atom. The number of rotatable bonds is 7. The van der Waals surface area contributed by atoms with Gasteiger partial charge >= 0.3 is 0 Å². The Bertz CT molecular complexity index is 1190. The number of hydrogen-bond donors (Lipinski definition) is 1. The molecule has 148 valence electrons. The van der Waals surface area contributed by atoms with Crippen molar-refractivity contribution in [1.29, 1.82) is 0 Å². The number of aryl methyl sites for hydroxylation is 1. The molecule has 0 saturated heterocycles. The van der Waals surface area contributed by atoms with Crippen molar-refractivity contribution in [2.24, 2.45) is 0 Å². The average Bonchev–Trinajstić information content (AvgIpc) is 3.30. The van der Waals surface area contributed by atoms with Crippen LogP contribution in [0, 0.1) is 18.6 Å². The van der Waals surface area contributed by atoms with Gasteiger partial charge in [0.15, 0.2) is 10.1 Å². The Hall–Kier alpha value is -2.78. The minimum atomic E-state index is -0.382. The van der Waals surface area contributed by atoms with E-state index in [0.717, 1.165) is 0 Å². The summed E-state index contributed by atoms with van der Waals surface area (Å²) in [6.07, 6.45) is 0. The highest BCUT2D eigenvalue weighted by atomic mass is 32.2. The molecule has 5 nitrogen and oxygen atoms in total. The number of Topliss-reactive ketones (excluding diaryl/α,β-unsaturated/α-hetero) is 1. The Balaban J connectivity index is 1.38. The molecule has 0 saturated carbocycles. The van der Waals surface area contributed by atoms with Gasteiger partial charge in [-0.2, -0.15) is 0 Å². The molecule has 0 bridgehead atoms. The molecule has 0 aliphatic carbocycles. The van der Waals surface area contributed by atoms with Crippen molar-refractivity contribution in [2.75, 3.05) is 11.9 Å². The molecular weight excluding hydrogens is 416 g/mol. The molecule has 4 aromatic rings. The minimum Gasteiger partial charge on any atom is -0.453 e. The molecule has 0 radical (unpaired) electrons. The van der Waals surface area contributed by atoms with E-state index in [1.54, 1.807) is 25.1 Å². The summed E-state index contributed by atoms with van der Waals surface area (Å²) >= 11 is 2.65. The number of carbonyl (C=O) groups is 1. The third-order valence-corrected chi connectivity index (χ3v) is 6.33. The van der Waals surface area contributed by atoms with Gasteiger partial charge in [-0.3, -0.25) is 4.79 Å². The fraction of sp³-hybridized carbons (Fsp3) is 0.150. The molecule has 9 heteroatoms. The van der Waals surface area contributed by atoms with Gasteiger partial charge in [-0.05, 0) is 36.8 Å². The number of ketones is 1. The van der Waals surface area contributed by atoms with Crippen molar-refractivity contribution in [2.45, 2.75) is 17.0 Å². The summed E-state index contributed by atoms with van der Waals surface area (Å²) in [5, 5.41) is 12.0. The first kappa shape index (κ1) is 19.5. The summed E-state index contributed by atoms with van der Waals surface area (Å²) in [5.41, 5.74) is 1.66. The highest BCUT2D eigenvalue weighted by molar-refractivity contribution is 8.00. The second kappa shape index (κ2) is 8.30. The quantitative estimate of drug-likeness (QED) is 0.310. The zero-order valence-corrected chi connectivity index (χ0v) is 16.9. The van der Waals surface area contributed by atoms with Gasteiger partial charge in [0.05, 0.1) is 6.54 Å². The number of furan rings is 1. The van der Waals surface area contributed by atoms with E-state index >= 15 is 0 Å². The number of aromatic nitrogens is 2. The number of thioether (sulfide) groups is 1. The molecule has 0 unspecified atom stereocenters. The van der Waals surface area contributed by atoms with E-state index in [2.05, 4.69) is 15.5 Å². The van der Waals surface area contributed by atoms with Crippen LogP contribution in [-0.4, -0.2) is 22.5 Å². The number of halogens is 2. The van der Waals surface area contributed by atoms with Crippen LogP contribution in [0.1, 0.15) is 21.7 Å². The highest BCUT2D eigenvalue weighted by Crippen LogP contribution is 2.29. The van der Waals surface area contributed by atoms with E-state index in [0.29, 0.717) is 37.3 Å². The van der Waals surface area contributed by atoms with E-state index in [4.69, 9.17) is 4.42 Å². The number of fused-ring (bicyclic) bond motifs is 1. The Labute approximate surface area is 173 Å². The van der Waals surface area contributed by atoms with Gasteiger partial charge in [-0.15, -0.1) is 10.2 Å². The summed E-state index contributed by atoms with van der Waals surface area (Å²) in [6.45, 7) is 1.69. The summed E-state index contributed by atoms with van der Waals surface area (Å²) in [6, 6.07) is 10.7. The largest absolute Gasteiger partial charge is 0.453 e. The lowest BCUT2D eigenvalue weighted by Gasteiger charge is -2.00. The van der Waals surface area contributed by atoms with Gasteiger partial charge in [-0.25, -0.2) is 8.78 Å². The molecule has 2 aromatic heterocycles. The maximum Gasteiger partial charge on any atom is 0.217 e. The second-order valence-electron chi connectivity index (χ2n) is 6.23. The van der Waals surface area contributed by atoms with Crippen molar-refractivity contribution in [1.82, 2.24) is 10.2 Å². The smallest absolute Gasteiger partial charge is 0.217 e. The van der Waals surface area contributed by atoms with Gasteiger partial charge < -0.3 is 9.73 Å². The summed E-state index contributed by atoms with van der Waals surface area (Å²) < 4.78 is 33.3. The zero-order chi connectivity index (χ0) is 20.4. The molecule has 0 aliphatic heterocycles. The first-order valence-electron chi connectivity index (χ1n) is 8.66. The maximum atomic E-state index is 13.7. The van der Waals surface area contributed by atoms with Gasteiger partial charge in [0.2, 0.25) is 10.9 Å². The van der Waals surface area contributed by atoms with E-state index in [1.807, 2.05) is 0 Å². The number of nitrogens with one attached hydrogen (secondary N) is 1. The van der Waals surface area contributed by atoms with Crippen LogP contribution in [0.3, 0.4) is 0 Å². The third-order valence-electron chi connectivity index (χ3n) is 4.27. The van der Waals surface area contributed by atoms with Crippen molar-refractivity contribution in [3.05, 3.63) is 71.0 Å². The molecule has 4 rings (SSSR count). The van der Waals surface area contributed by atoms with Crippen LogP contribution in [0.2, 0.25) is 0 Å². The molecule has 0 aliphatic rings. The van der Waals surface area contributed by atoms with Crippen LogP contribution >= 0.6 is 23.1 Å². The highest BCUT2D eigenvalue weighted by Gasteiger charge is 2.18. The molecular formula is C20H15F2N3O2S2. The summed E-state index contributed by atoms with van der Waals surface area (Å²) in [4.78, 5) is 12.5. The molecule has 0 amide bonds. The normalized spacial score (nSPS) is 11.1. The van der Waals surface area contributed by atoms with Gasteiger partial charge in [-0.1, -0.05) is 41.3 Å². The first-order chi connectivity index (χ1) is 14.0. The average molecular weight is 431 g/mol. The van der Waals surface area contributed by atoms with E-state index < -0.39 is 0 Å². The number of nitrogens with zero attached hydrogens (tertiary/aromatic N) is 2. The van der Waals surface area contributed by atoms with Crippen molar-refractivity contribution in [3.8, 4) is 0 Å². The third kappa shape index (κ3) is 4.30. The maximum absolute atomic E-state index is 13.7. The predicted octanol–water partition coefficient (Wildman–Crippen LogP) is 5.46. The number of hydrogen-bond acceptors (Lipinski definition) is 7. The van der Waals surface area contributed by atoms with Gasteiger partial charge in [0.1, 0.15) is 17.2 Å². The molecule has 1 N–H and O–H groups in total. The van der Waals surface area contributed by atoms with E-state index in [-0.39, 0.29) is 29.7 Å². The molecule has 0 fully saturated rings. The lowest BCUT2D eigenvalue weighted by molar-refractivity contribution is 0.0981. The van der Waals surface area contributed by atoms with Crippen molar-refractivity contribution in [3.63, 3.8) is 0 Å². The van der Waals surface area contributed by atoms with Crippen LogP contribution in [0.25, 0.3) is 11.0 Å². The van der Waals surface area contributed by atoms with Gasteiger partial charge in [0, 0.05) is 16.7 Å². The van der Waals surface area contributed by atoms with E-state index in [1.165, 1.54) is 47.4 Å². The molecule has 29 heavy (non-hydrogen) atoms. The molecule has 2 aromatic carbocycles. The van der Waals surface area contributed by atoms with Crippen LogP contribution in [-0.2, 0) is 5.75 Å². The predicted molar refractivity (Wildman–Crippen MR) is 110 cm³/mol. The fourth-order valence-corrected chi connectivity index (χ4v) is 4.52. The van der Waals surface area contributed by atoms with Crippen LogP contribution < -0.4 is 5.32 Å². The molecule has 0 atom stereocenters. The Morgan fingerprint density at radius 3 is 2.86 bits per heavy atom. The second-order valence-corrected chi connectivity index (χ2v) is 8.43. The van der Waals surface area contributed by atoms with Crippen LogP contribution in [0.15, 0.2) is 51.2 Å². The number of anilines is 1. The Kier molecular flexibility index (Phi) is 5.59. The molecule has 0 spiro atoms. The van der Waals surface area contributed by atoms with Crippen LogP contribution in [0.5, 0.6) is 0 Å². The van der Waals surface area contributed by atoms with Crippen molar-refractivity contribution < 1.29 is 18.0 Å². The zero-order valence-electron chi connectivity index (χ0n) is 15.2. The van der Waals surface area contributed by atoms with Crippen molar-refractivity contribution >= 4 is 45.0 Å². The monoisotopic (exact) mass is 431 g/mol. The molecule has 2 heterocycles. The summed E-state index contributed by atoms with van der Waals surface area (Å²) in [7, 11) is 0. The Morgan fingerprint density at radius 2 is 2.03 bits per heavy atom. The fourth-order valence-electron chi connectivity index (χ4n) is 2.79. The van der Waals surface area contributed by atoms with Gasteiger partial charge in [0.25, 0.3) is 0 Å².